The summed E-state index contributed by atoms with van der Waals surface area (Å²) >= 11 is 0. The monoisotopic (exact) mass is 418 g/mol. The van der Waals surface area contributed by atoms with E-state index in [0.717, 1.165) is 25.0 Å². The molecule has 0 radical (unpaired) electrons. The number of benzene rings is 1. The van der Waals surface area contributed by atoms with Gasteiger partial charge in [-0.05, 0) is 56.0 Å². The quantitative estimate of drug-likeness (QED) is 0.690. The fourth-order valence-corrected chi connectivity index (χ4v) is 3.90. The van der Waals surface area contributed by atoms with Crippen molar-refractivity contribution in [2.24, 2.45) is 0 Å². The lowest BCUT2D eigenvalue weighted by atomic mass is 10.1. The van der Waals surface area contributed by atoms with Crippen molar-refractivity contribution in [3.8, 4) is 0 Å². The van der Waals surface area contributed by atoms with Gasteiger partial charge in [0.1, 0.15) is 17.8 Å². The predicted octanol–water partition coefficient (Wildman–Crippen LogP) is 3.14. The predicted molar refractivity (Wildman–Crippen MR) is 120 cm³/mol. The number of aryl methyl sites for hydroxylation is 2. The number of nitrogens with zero attached hydrogens (tertiary/aromatic N) is 3. The van der Waals surface area contributed by atoms with Crippen LogP contribution in [0.15, 0.2) is 47.4 Å². The number of amides is 2. The highest BCUT2D eigenvalue weighted by Gasteiger charge is 2.24. The van der Waals surface area contributed by atoms with E-state index in [4.69, 9.17) is 0 Å². The number of aromatic nitrogens is 2. The van der Waals surface area contributed by atoms with Crippen LogP contribution in [0.5, 0.6) is 0 Å². The van der Waals surface area contributed by atoms with Crippen molar-refractivity contribution in [1.29, 1.82) is 0 Å². The number of fused-ring (bicyclic) bond motifs is 1. The molecule has 1 N–H and O–H groups in total. The van der Waals surface area contributed by atoms with Gasteiger partial charge in [0.25, 0.3) is 5.91 Å². The number of hydrogen-bond acceptors (Lipinski definition) is 4. The van der Waals surface area contributed by atoms with Crippen LogP contribution in [0.4, 0.5) is 5.69 Å². The number of hydrogen-bond donors (Lipinski definition) is 1. The lowest BCUT2D eigenvalue weighted by Gasteiger charge is -2.17. The largest absolute Gasteiger partial charge is 0.338 e. The first-order chi connectivity index (χ1) is 15.0. The molecule has 0 bridgehead atoms. The van der Waals surface area contributed by atoms with Gasteiger partial charge in [-0.3, -0.25) is 14.4 Å². The normalized spacial score (nSPS) is 13.5. The standard InChI is InChI=1S/C24H26N4O3/c1-3-17-7-9-18(10-8-17)26-21(29)15-28-14-20(24(31)27-12-4-5-13-27)22(30)19-11-6-16(2)25-23(19)28/h6-11,14H,3-5,12-13,15H2,1-2H3,(H,26,29). The number of carbonyl (C=O) groups excluding carboxylic acids is 2. The zero-order valence-corrected chi connectivity index (χ0v) is 17.9. The van der Waals surface area contributed by atoms with Gasteiger partial charge in [0.05, 0.1) is 5.39 Å². The number of rotatable bonds is 5. The van der Waals surface area contributed by atoms with E-state index in [2.05, 4.69) is 17.2 Å². The first-order valence-electron chi connectivity index (χ1n) is 10.6. The molecule has 1 aromatic carbocycles. The molecule has 0 atom stereocenters. The second-order valence-electron chi connectivity index (χ2n) is 7.92. The van der Waals surface area contributed by atoms with Gasteiger partial charge >= 0.3 is 0 Å². The van der Waals surface area contributed by atoms with E-state index >= 15 is 0 Å². The fraction of sp³-hybridized carbons (Fsp3) is 0.333. The second-order valence-corrected chi connectivity index (χ2v) is 7.92. The van der Waals surface area contributed by atoms with Crippen LogP contribution in [0.25, 0.3) is 11.0 Å². The summed E-state index contributed by atoms with van der Waals surface area (Å²) < 4.78 is 1.60. The minimum absolute atomic E-state index is 0.0525. The first kappa shape index (κ1) is 20.8. The minimum Gasteiger partial charge on any atom is -0.338 e. The smallest absolute Gasteiger partial charge is 0.259 e. The molecule has 0 aliphatic carbocycles. The molecule has 7 nitrogen and oxygen atoms in total. The molecule has 3 heterocycles. The van der Waals surface area contributed by atoms with Crippen molar-refractivity contribution >= 4 is 28.5 Å². The molecule has 1 saturated heterocycles. The fourth-order valence-electron chi connectivity index (χ4n) is 3.90. The Kier molecular flexibility index (Phi) is 5.84. The molecule has 7 heteroatoms. The van der Waals surface area contributed by atoms with Crippen molar-refractivity contribution in [2.75, 3.05) is 18.4 Å². The number of nitrogens with one attached hydrogen (secondary N) is 1. The van der Waals surface area contributed by atoms with E-state index in [0.29, 0.717) is 29.8 Å². The topological polar surface area (TPSA) is 84.3 Å². The maximum atomic E-state index is 13.0. The summed E-state index contributed by atoms with van der Waals surface area (Å²) in [7, 11) is 0. The van der Waals surface area contributed by atoms with E-state index in [-0.39, 0.29) is 29.4 Å². The zero-order chi connectivity index (χ0) is 22.0. The number of pyridine rings is 2. The third kappa shape index (κ3) is 4.35. The van der Waals surface area contributed by atoms with E-state index < -0.39 is 0 Å². The van der Waals surface area contributed by atoms with Crippen LogP contribution in [0, 0.1) is 6.92 Å². The van der Waals surface area contributed by atoms with Crippen molar-refractivity contribution in [3.63, 3.8) is 0 Å². The van der Waals surface area contributed by atoms with Crippen molar-refractivity contribution in [3.05, 3.63) is 69.6 Å². The molecule has 4 rings (SSSR count). The Morgan fingerprint density at radius 2 is 1.77 bits per heavy atom. The summed E-state index contributed by atoms with van der Waals surface area (Å²) in [6.07, 6.45) is 4.29. The Balaban J connectivity index is 1.68. The van der Waals surface area contributed by atoms with Gasteiger partial charge in [0, 0.05) is 30.7 Å². The third-order valence-corrected chi connectivity index (χ3v) is 5.64. The van der Waals surface area contributed by atoms with Gasteiger partial charge in [0.15, 0.2) is 0 Å². The van der Waals surface area contributed by atoms with Crippen LogP contribution in [-0.2, 0) is 17.8 Å². The molecule has 1 fully saturated rings. The molecule has 3 aromatic rings. The van der Waals surface area contributed by atoms with E-state index in [1.807, 2.05) is 31.2 Å². The summed E-state index contributed by atoms with van der Waals surface area (Å²) in [5.41, 5.74) is 2.76. The van der Waals surface area contributed by atoms with E-state index in [1.165, 1.54) is 11.8 Å². The van der Waals surface area contributed by atoms with Gasteiger partial charge in [-0.1, -0.05) is 19.1 Å². The van der Waals surface area contributed by atoms with Crippen LogP contribution in [0.1, 0.15) is 41.4 Å². The maximum absolute atomic E-state index is 13.0. The summed E-state index contributed by atoms with van der Waals surface area (Å²) in [5, 5.41) is 3.22. The summed E-state index contributed by atoms with van der Waals surface area (Å²) in [6.45, 7) is 5.15. The first-order valence-corrected chi connectivity index (χ1v) is 10.6. The van der Waals surface area contributed by atoms with Gasteiger partial charge in [-0.2, -0.15) is 0 Å². The number of carbonyl (C=O) groups is 2. The van der Waals surface area contributed by atoms with Crippen LogP contribution in [0.2, 0.25) is 0 Å². The molecule has 0 unspecified atom stereocenters. The van der Waals surface area contributed by atoms with Gasteiger partial charge in [0.2, 0.25) is 11.3 Å². The number of anilines is 1. The summed E-state index contributed by atoms with van der Waals surface area (Å²) in [5.74, 6) is -0.536. The van der Waals surface area contributed by atoms with E-state index in [1.54, 1.807) is 21.6 Å². The van der Waals surface area contributed by atoms with Gasteiger partial charge < -0.3 is 14.8 Å². The Bertz CT molecular complexity index is 1190. The molecule has 2 amide bonds. The van der Waals surface area contributed by atoms with Crippen molar-refractivity contribution < 1.29 is 9.59 Å². The molecule has 31 heavy (non-hydrogen) atoms. The van der Waals surface area contributed by atoms with Crippen molar-refractivity contribution in [1.82, 2.24) is 14.5 Å². The molecular formula is C24H26N4O3. The molecule has 0 saturated carbocycles. The zero-order valence-electron chi connectivity index (χ0n) is 17.9. The Hall–Kier alpha value is -3.48. The van der Waals surface area contributed by atoms with Crippen LogP contribution >= 0.6 is 0 Å². The highest BCUT2D eigenvalue weighted by molar-refractivity contribution is 5.97. The van der Waals surface area contributed by atoms with E-state index in [9.17, 15) is 14.4 Å². The highest BCUT2D eigenvalue weighted by atomic mass is 16.2. The highest BCUT2D eigenvalue weighted by Crippen LogP contribution is 2.16. The molecular weight excluding hydrogens is 392 g/mol. The van der Waals surface area contributed by atoms with Gasteiger partial charge in [-0.25, -0.2) is 4.98 Å². The summed E-state index contributed by atoms with van der Waals surface area (Å²) in [6, 6.07) is 11.1. The number of likely N-dealkylation sites (tertiary alicyclic amines) is 1. The van der Waals surface area contributed by atoms with Crippen LogP contribution in [0.3, 0.4) is 0 Å². The second kappa shape index (κ2) is 8.71. The van der Waals surface area contributed by atoms with Crippen LogP contribution < -0.4 is 10.7 Å². The van der Waals surface area contributed by atoms with Crippen LogP contribution in [-0.4, -0.2) is 39.4 Å². The lowest BCUT2D eigenvalue weighted by molar-refractivity contribution is -0.116. The molecule has 160 valence electrons. The molecule has 1 aliphatic rings. The Morgan fingerprint density at radius 1 is 1.06 bits per heavy atom. The summed E-state index contributed by atoms with van der Waals surface area (Å²) in [4.78, 5) is 44.9. The SMILES string of the molecule is CCc1ccc(NC(=O)Cn2cc(C(=O)N3CCCC3)c(=O)c3ccc(C)nc32)cc1. The third-order valence-electron chi connectivity index (χ3n) is 5.64. The molecule has 0 spiro atoms. The van der Waals surface area contributed by atoms with Gasteiger partial charge in [-0.15, -0.1) is 0 Å². The Labute approximate surface area is 180 Å². The average molecular weight is 418 g/mol. The molecule has 2 aromatic heterocycles. The average Bonchev–Trinajstić information content (AvgIpc) is 3.30. The minimum atomic E-state index is -0.341. The maximum Gasteiger partial charge on any atom is 0.259 e. The molecule has 1 aliphatic heterocycles. The lowest BCUT2D eigenvalue weighted by Crippen LogP contribution is -2.33. The van der Waals surface area contributed by atoms with Crippen molar-refractivity contribution in [2.45, 2.75) is 39.7 Å². The Morgan fingerprint density at radius 3 is 2.45 bits per heavy atom.